The Hall–Kier alpha value is -2.38. The van der Waals surface area contributed by atoms with Gasteiger partial charge >= 0.3 is 0 Å². The summed E-state index contributed by atoms with van der Waals surface area (Å²) < 4.78 is 8.21. The van der Waals surface area contributed by atoms with Crippen LogP contribution in [0.3, 0.4) is 0 Å². The average Bonchev–Trinajstić information content (AvgIpc) is 3.45. The van der Waals surface area contributed by atoms with Crippen molar-refractivity contribution in [3.8, 4) is 0 Å². The largest absolute Gasteiger partial charge is 0.368 e. The van der Waals surface area contributed by atoms with E-state index in [0.717, 1.165) is 17.4 Å². The average molecular weight is 396 g/mol. The molecule has 1 saturated carbocycles. The molecule has 3 heterocycles. The summed E-state index contributed by atoms with van der Waals surface area (Å²) >= 11 is 0. The summed E-state index contributed by atoms with van der Waals surface area (Å²) in [5.74, 6) is 0.767. The molecular weight excluding hydrogens is 368 g/mol. The Labute approximate surface area is 170 Å². The first-order valence-electron chi connectivity index (χ1n) is 10.4. The van der Waals surface area contributed by atoms with Gasteiger partial charge in [-0.15, -0.1) is 0 Å². The van der Waals surface area contributed by atoms with Crippen LogP contribution in [-0.2, 0) is 16.6 Å². The topological polar surface area (TPSA) is 66.8 Å². The van der Waals surface area contributed by atoms with Crippen LogP contribution in [0.5, 0.6) is 0 Å². The fourth-order valence-electron chi connectivity index (χ4n) is 4.70. The highest BCUT2D eigenvalue weighted by molar-refractivity contribution is 5.98. The molecule has 2 amide bonds. The summed E-state index contributed by atoms with van der Waals surface area (Å²) in [4.78, 5) is 29.4. The normalized spacial score (nSPS) is 23.9. The van der Waals surface area contributed by atoms with Crippen LogP contribution >= 0.6 is 0 Å². The first-order valence-corrected chi connectivity index (χ1v) is 10.4. The Balaban J connectivity index is 1.27. The highest BCUT2D eigenvalue weighted by Gasteiger charge is 2.52. The fourth-order valence-corrected chi connectivity index (χ4v) is 4.70. The van der Waals surface area contributed by atoms with Crippen molar-refractivity contribution in [2.75, 3.05) is 39.8 Å². The summed E-state index contributed by atoms with van der Waals surface area (Å²) in [6.07, 6.45) is 4.50. The fraction of sp³-hybridized carbons (Fsp3) is 0.545. The molecule has 2 aliphatic heterocycles. The highest BCUT2D eigenvalue weighted by Crippen LogP contribution is 2.36. The Morgan fingerprint density at radius 3 is 2.72 bits per heavy atom. The molecular formula is C22H28N4O3. The molecule has 0 bridgehead atoms. The molecule has 29 heavy (non-hydrogen) atoms. The lowest BCUT2D eigenvalue weighted by atomic mass is 9.89. The lowest BCUT2D eigenvalue weighted by Gasteiger charge is -2.55. The van der Waals surface area contributed by atoms with Crippen molar-refractivity contribution in [3.63, 3.8) is 0 Å². The van der Waals surface area contributed by atoms with E-state index in [1.54, 1.807) is 7.05 Å². The predicted molar refractivity (Wildman–Crippen MR) is 110 cm³/mol. The first kappa shape index (κ1) is 18.6. The monoisotopic (exact) mass is 396 g/mol. The molecule has 1 aromatic heterocycles. The van der Waals surface area contributed by atoms with Crippen LogP contribution in [0.25, 0.3) is 10.9 Å². The molecule has 2 aromatic rings. The minimum absolute atomic E-state index is 0.0175. The zero-order valence-electron chi connectivity index (χ0n) is 17.1. The van der Waals surface area contributed by atoms with Crippen LogP contribution in [-0.4, -0.2) is 77.7 Å². The third-order valence-electron chi connectivity index (χ3n) is 6.60. The Morgan fingerprint density at radius 2 is 2.00 bits per heavy atom. The van der Waals surface area contributed by atoms with Crippen molar-refractivity contribution in [2.24, 2.45) is 13.0 Å². The second-order valence-electron chi connectivity index (χ2n) is 8.86. The lowest BCUT2D eigenvalue weighted by Crippen LogP contribution is -2.73. The van der Waals surface area contributed by atoms with E-state index in [2.05, 4.69) is 14.8 Å². The number of carbonyl (C=O) groups excluding carboxylic acids is 2. The molecule has 7 nitrogen and oxygen atoms in total. The van der Waals surface area contributed by atoms with Crippen molar-refractivity contribution >= 4 is 22.7 Å². The summed E-state index contributed by atoms with van der Waals surface area (Å²) in [7, 11) is 3.68. The van der Waals surface area contributed by atoms with Crippen LogP contribution in [0.2, 0.25) is 0 Å². The number of hydrogen-bond donors (Lipinski definition) is 1. The van der Waals surface area contributed by atoms with E-state index in [4.69, 9.17) is 4.74 Å². The molecule has 1 aliphatic carbocycles. The summed E-state index contributed by atoms with van der Waals surface area (Å²) in [5, 5.41) is 3.84. The molecule has 1 spiro atoms. The molecule has 1 aromatic carbocycles. The third-order valence-corrected chi connectivity index (χ3v) is 6.60. The highest BCUT2D eigenvalue weighted by atomic mass is 16.5. The number of rotatable bonds is 4. The second kappa shape index (κ2) is 6.85. The number of nitrogens with zero attached hydrogens (tertiary/aromatic N) is 3. The van der Waals surface area contributed by atoms with Crippen LogP contribution in [0.4, 0.5) is 0 Å². The van der Waals surface area contributed by atoms with Crippen LogP contribution in [0.1, 0.15) is 23.2 Å². The van der Waals surface area contributed by atoms with Gasteiger partial charge in [0.1, 0.15) is 11.6 Å². The van der Waals surface area contributed by atoms with Gasteiger partial charge in [0.2, 0.25) is 5.91 Å². The number of nitrogens with one attached hydrogen (secondary N) is 1. The van der Waals surface area contributed by atoms with Crippen LogP contribution in [0.15, 0.2) is 30.5 Å². The van der Waals surface area contributed by atoms with Gasteiger partial charge < -0.3 is 19.5 Å². The van der Waals surface area contributed by atoms with E-state index < -0.39 is 0 Å². The van der Waals surface area contributed by atoms with Crippen LogP contribution < -0.4 is 5.32 Å². The van der Waals surface area contributed by atoms with Crippen molar-refractivity contribution in [1.29, 1.82) is 0 Å². The predicted octanol–water partition coefficient (Wildman–Crippen LogP) is 1.23. The number of hydrogen-bond acceptors (Lipinski definition) is 4. The maximum atomic E-state index is 13.0. The van der Waals surface area contributed by atoms with Crippen molar-refractivity contribution in [2.45, 2.75) is 24.5 Å². The van der Waals surface area contributed by atoms with Gasteiger partial charge in [0.15, 0.2) is 0 Å². The van der Waals surface area contributed by atoms with E-state index in [9.17, 15) is 9.59 Å². The number of aromatic nitrogens is 1. The van der Waals surface area contributed by atoms with Gasteiger partial charge in [-0.2, -0.15) is 0 Å². The zero-order chi connectivity index (χ0) is 20.2. The van der Waals surface area contributed by atoms with Gasteiger partial charge in [-0.05, 0) is 43.0 Å². The molecule has 5 rings (SSSR count). The number of fused-ring (bicyclic) bond motifs is 1. The second-order valence-corrected chi connectivity index (χ2v) is 8.86. The van der Waals surface area contributed by atoms with E-state index in [0.29, 0.717) is 37.7 Å². The van der Waals surface area contributed by atoms with Crippen LogP contribution in [0, 0.1) is 5.92 Å². The lowest BCUT2D eigenvalue weighted by molar-refractivity contribution is -0.191. The van der Waals surface area contributed by atoms with Crippen molar-refractivity contribution in [1.82, 2.24) is 19.7 Å². The standard InChI is InChI=1S/C22H28N4O3/c1-23-20(27)19-11-29-22(12-25(19)10-15-3-4-15)13-26(14-22)21(28)17-5-6-18-16(9-17)7-8-24(18)2/h5-9,15,19H,3-4,10-14H2,1-2H3,(H,23,27). The van der Waals surface area contributed by atoms with E-state index in [1.165, 1.54) is 12.8 Å². The van der Waals surface area contributed by atoms with Crippen molar-refractivity contribution < 1.29 is 14.3 Å². The number of benzene rings is 1. The number of morpholine rings is 1. The smallest absolute Gasteiger partial charge is 0.254 e. The third kappa shape index (κ3) is 3.32. The van der Waals surface area contributed by atoms with Gasteiger partial charge in [-0.3, -0.25) is 14.5 Å². The maximum Gasteiger partial charge on any atom is 0.254 e. The Kier molecular flexibility index (Phi) is 4.40. The Bertz CT molecular complexity index is 958. The number of ether oxygens (including phenoxy) is 1. The minimum atomic E-state index is -0.341. The number of amides is 2. The summed E-state index contributed by atoms with van der Waals surface area (Å²) in [6, 6.07) is 7.67. The van der Waals surface area contributed by atoms with Gasteiger partial charge in [0, 0.05) is 49.8 Å². The number of carbonyl (C=O) groups is 2. The van der Waals surface area contributed by atoms with E-state index in [1.807, 2.05) is 42.4 Å². The van der Waals surface area contributed by atoms with E-state index in [-0.39, 0.29) is 23.5 Å². The molecule has 3 fully saturated rings. The maximum absolute atomic E-state index is 13.0. The summed E-state index contributed by atoms with van der Waals surface area (Å²) in [6.45, 7) is 3.22. The zero-order valence-corrected chi connectivity index (χ0v) is 17.1. The number of likely N-dealkylation sites (tertiary alicyclic amines) is 1. The van der Waals surface area contributed by atoms with E-state index >= 15 is 0 Å². The van der Waals surface area contributed by atoms with Gasteiger partial charge in [-0.1, -0.05) is 0 Å². The van der Waals surface area contributed by atoms with Gasteiger partial charge in [0.05, 0.1) is 19.7 Å². The summed E-state index contributed by atoms with van der Waals surface area (Å²) in [5.41, 5.74) is 1.49. The quantitative estimate of drug-likeness (QED) is 0.844. The molecule has 154 valence electrons. The van der Waals surface area contributed by atoms with Crippen molar-refractivity contribution in [3.05, 3.63) is 36.0 Å². The molecule has 3 aliphatic rings. The SMILES string of the molecule is CNC(=O)C1COC2(CN(C(=O)c3ccc4c(ccn4C)c3)C2)CN1CC1CC1. The first-order chi connectivity index (χ1) is 14.0. The van der Waals surface area contributed by atoms with Gasteiger partial charge in [-0.25, -0.2) is 0 Å². The number of likely N-dealkylation sites (N-methyl/N-ethyl adjacent to an activating group) is 1. The molecule has 0 radical (unpaired) electrons. The van der Waals surface area contributed by atoms with Gasteiger partial charge in [0.25, 0.3) is 5.91 Å². The molecule has 1 unspecified atom stereocenters. The molecule has 1 atom stereocenters. The number of aryl methyl sites for hydroxylation is 1. The molecule has 1 N–H and O–H groups in total. The Morgan fingerprint density at radius 1 is 1.21 bits per heavy atom. The minimum Gasteiger partial charge on any atom is -0.368 e. The molecule has 2 saturated heterocycles. The molecule has 7 heteroatoms.